The molecule has 0 aliphatic heterocycles. The van der Waals surface area contributed by atoms with Gasteiger partial charge in [0, 0.05) is 10.4 Å². The molecule has 0 aliphatic rings. The summed E-state index contributed by atoms with van der Waals surface area (Å²) < 4.78 is 17.5. The molecule has 2 nitrogen and oxygen atoms in total. The Morgan fingerprint density at radius 3 is 3.00 bits per heavy atom. The SMILES string of the molecule is OC(F)[CH]c1sccc1-c1ccco1. The van der Waals surface area contributed by atoms with Gasteiger partial charge in [-0.3, -0.25) is 0 Å². The molecule has 4 heteroatoms. The van der Waals surface area contributed by atoms with Crippen LogP contribution in [-0.2, 0) is 0 Å². The summed E-state index contributed by atoms with van der Waals surface area (Å²) in [6.45, 7) is 0. The Hall–Kier alpha value is -1.13. The van der Waals surface area contributed by atoms with Gasteiger partial charge in [-0.25, -0.2) is 4.39 Å². The van der Waals surface area contributed by atoms with Gasteiger partial charge in [0.25, 0.3) is 0 Å². The van der Waals surface area contributed by atoms with E-state index in [1.165, 1.54) is 11.3 Å². The van der Waals surface area contributed by atoms with Crippen LogP contribution in [0.3, 0.4) is 0 Å². The van der Waals surface area contributed by atoms with Gasteiger partial charge in [0.1, 0.15) is 5.76 Å². The molecule has 73 valence electrons. The number of hydrogen-bond acceptors (Lipinski definition) is 3. The predicted octanol–water partition coefficient (Wildman–Crippen LogP) is 2.85. The maximum atomic E-state index is 12.4. The zero-order chi connectivity index (χ0) is 9.97. The fraction of sp³-hybridized carbons (Fsp3) is 0.100. The van der Waals surface area contributed by atoms with Crippen LogP contribution in [0, 0.1) is 6.42 Å². The van der Waals surface area contributed by atoms with Crippen molar-refractivity contribution in [3.05, 3.63) is 41.1 Å². The number of alkyl halides is 1. The number of aliphatic hydroxyl groups is 1. The van der Waals surface area contributed by atoms with E-state index < -0.39 is 6.36 Å². The molecule has 2 aromatic rings. The zero-order valence-corrected chi connectivity index (χ0v) is 8.00. The number of halogens is 1. The topological polar surface area (TPSA) is 33.4 Å². The molecule has 0 saturated carbocycles. The molecule has 14 heavy (non-hydrogen) atoms. The Bertz CT molecular complexity index is 392. The third kappa shape index (κ3) is 1.86. The van der Waals surface area contributed by atoms with E-state index in [1.54, 1.807) is 18.4 Å². The lowest BCUT2D eigenvalue weighted by molar-refractivity contribution is 0.0764. The molecule has 0 aromatic carbocycles. The molecule has 1 atom stereocenters. The summed E-state index contributed by atoms with van der Waals surface area (Å²) in [4.78, 5) is 0.676. The molecule has 0 amide bonds. The van der Waals surface area contributed by atoms with E-state index in [2.05, 4.69) is 0 Å². The zero-order valence-electron chi connectivity index (χ0n) is 7.18. The van der Waals surface area contributed by atoms with Gasteiger partial charge in [-0.1, -0.05) is 0 Å². The van der Waals surface area contributed by atoms with E-state index in [0.29, 0.717) is 10.6 Å². The van der Waals surface area contributed by atoms with Gasteiger partial charge in [0.15, 0.2) is 0 Å². The maximum absolute atomic E-state index is 12.4. The maximum Gasteiger partial charge on any atom is 0.204 e. The summed E-state index contributed by atoms with van der Waals surface area (Å²) >= 11 is 1.36. The Morgan fingerprint density at radius 2 is 2.36 bits per heavy atom. The quantitative estimate of drug-likeness (QED) is 0.846. The van der Waals surface area contributed by atoms with Gasteiger partial charge >= 0.3 is 0 Å². The van der Waals surface area contributed by atoms with Gasteiger partial charge in [-0.2, -0.15) is 0 Å². The molecule has 2 heterocycles. The molecular formula is C10H8FO2S. The van der Waals surface area contributed by atoms with E-state index >= 15 is 0 Å². The average molecular weight is 211 g/mol. The molecule has 2 rings (SSSR count). The van der Waals surface area contributed by atoms with Crippen LogP contribution in [0.2, 0.25) is 0 Å². The normalized spacial score (nSPS) is 13.0. The van der Waals surface area contributed by atoms with E-state index in [0.717, 1.165) is 12.0 Å². The van der Waals surface area contributed by atoms with Crippen LogP contribution in [-0.4, -0.2) is 11.5 Å². The van der Waals surface area contributed by atoms with E-state index in [1.807, 2.05) is 11.4 Å². The van der Waals surface area contributed by atoms with Crippen LogP contribution in [0.1, 0.15) is 4.88 Å². The lowest BCUT2D eigenvalue weighted by Crippen LogP contribution is -1.98. The molecule has 0 spiro atoms. The minimum atomic E-state index is -1.93. The van der Waals surface area contributed by atoms with Crippen LogP contribution in [0.5, 0.6) is 0 Å². The van der Waals surface area contributed by atoms with Crippen molar-refractivity contribution in [2.45, 2.75) is 6.36 Å². The van der Waals surface area contributed by atoms with Crippen molar-refractivity contribution in [1.29, 1.82) is 0 Å². The second-order valence-corrected chi connectivity index (χ2v) is 3.66. The van der Waals surface area contributed by atoms with Gasteiger partial charge in [0.2, 0.25) is 6.36 Å². The summed E-state index contributed by atoms with van der Waals surface area (Å²) in [6.07, 6.45) is 0.785. The van der Waals surface area contributed by atoms with Crippen LogP contribution < -0.4 is 0 Å². The molecule has 0 bridgehead atoms. The summed E-state index contributed by atoms with van der Waals surface area (Å²) in [6, 6.07) is 5.39. The number of rotatable bonds is 3. The lowest BCUT2D eigenvalue weighted by Gasteiger charge is -2.00. The van der Waals surface area contributed by atoms with Gasteiger partial charge in [-0.15, -0.1) is 11.3 Å². The van der Waals surface area contributed by atoms with Crippen LogP contribution in [0.4, 0.5) is 4.39 Å². The van der Waals surface area contributed by atoms with E-state index in [9.17, 15) is 4.39 Å². The smallest absolute Gasteiger partial charge is 0.204 e. The molecule has 0 aliphatic carbocycles. The summed E-state index contributed by atoms with van der Waals surface area (Å²) in [7, 11) is 0. The minimum absolute atomic E-state index is 0.676. The van der Waals surface area contributed by atoms with Crippen molar-refractivity contribution in [3.8, 4) is 11.3 Å². The van der Waals surface area contributed by atoms with E-state index in [4.69, 9.17) is 9.52 Å². The predicted molar refractivity (Wildman–Crippen MR) is 52.5 cm³/mol. The number of furan rings is 1. The van der Waals surface area contributed by atoms with Crippen molar-refractivity contribution in [2.24, 2.45) is 0 Å². The first-order chi connectivity index (χ1) is 6.77. The summed E-state index contributed by atoms with van der Waals surface area (Å²) in [5, 5.41) is 10.4. The first kappa shape index (κ1) is 9.43. The second-order valence-electron chi connectivity index (χ2n) is 2.72. The molecule has 2 aromatic heterocycles. The highest BCUT2D eigenvalue weighted by atomic mass is 32.1. The fourth-order valence-electron chi connectivity index (χ4n) is 1.21. The van der Waals surface area contributed by atoms with Crippen molar-refractivity contribution >= 4 is 11.3 Å². The third-order valence-corrected chi connectivity index (χ3v) is 2.65. The number of aliphatic hydroxyl groups excluding tert-OH is 1. The Balaban J connectivity index is 2.30. The lowest BCUT2D eigenvalue weighted by atomic mass is 10.2. The van der Waals surface area contributed by atoms with Crippen molar-refractivity contribution in [2.75, 3.05) is 0 Å². The molecule has 1 unspecified atom stereocenters. The Morgan fingerprint density at radius 1 is 1.50 bits per heavy atom. The highest BCUT2D eigenvalue weighted by Crippen LogP contribution is 2.30. The first-order valence-electron chi connectivity index (χ1n) is 4.06. The summed E-state index contributed by atoms with van der Waals surface area (Å²) in [5.74, 6) is 0.679. The summed E-state index contributed by atoms with van der Waals surface area (Å²) in [5.41, 5.74) is 0.803. The Kier molecular flexibility index (Phi) is 2.65. The standard InChI is InChI=1S/C10H8FO2S/c11-10(12)6-9-7(3-5-14-9)8-2-1-4-13-8/h1-6,10,12H. The fourth-order valence-corrected chi connectivity index (χ4v) is 2.05. The minimum Gasteiger partial charge on any atom is -0.464 e. The largest absolute Gasteiger partial charge is 0.464 e. The van der Waals surface area contributed by atoms with E-state index in [-0.39, 0.29) is 0 Å². The van der Waals surface area contributed by atoms with Crippen molar-refractivity contribution < 1.29 is 13.9 Å². The van der Waals surface area contributed by atoms with Gasteiger partial charge in [0.05, 0.1) is 12.7 Å². The first-order valence-corrected chi connectivity index (χ1v) is 4.94. The highest BCUT2D eigenvalue weighted by Gasteiger charge is 2.12. The van der Waals surface area contributed by atoms with Gasteiger partial charge < -0.3 is 9.52 Å². The molecular weight excluding hydrogens is 203 g/mol. The second kappa shape index (κ2) is 3.94. The molecule has 0 saturated heterocycles. The van der Waals surface area contributed by atoms with Crippen LogP contribution in [0.25, 0.3) is 11.3 Å². The Labute approximate surface area is 84.6 Å². The highest BCUT2D eigenvalue weighted by molar-refractivity contribution is 7.10. The molecule has 1 N–H and O–H groups in total. The molecule has 0 fully saturated rings. The average Bonchev–Trinajstić information content (AvgIpc) is 2.70. The third-order valence-electron chi connectivity index (χ3n) is 1.77. The molecule has 1 radical (unpaired) electrons. The van der Waals surface area contributed by atoms with Crippen molar-refractivity contribution in [3.63, 3.8) is 0 Å². The van der Waals surface area contributed by atoms with Gasteiger partial charge in [-0.05, 0) is 23.6 Å². The van der Waals surface area contributed by atoms with Crippen LogP contribution in [0.15, 0.2) is 34.3 Å². The van der Waals surface area contributed by atoms with Crippen molar-refractivity contribution in [1.82, 2.24) is 0 Å². The van der Waals surface area contributed by atoms with Crippen LogP contribution >= 0.6 is 11.3 Å². The monoisotopic (exact) mass is 211 g/mol. The number of hydrogen-bond donors (Lipinski definition) is 1. The number of thiophene rings is 1.